The van der Waals surface area contributed by atoms with Gasteiger partial charge in [-0.2, -0.15) is 0 Å². The summed E-state index contributed by atoms with van der Waals surface area (Å²) in [5.74, 6) is -0.280. The SMILES string of the molecule is O=C(COC(=O)c1cccnc1Cl)c1ccc(C2CCCCC2)cc1. The predicted octanol–water partition coefficient (Wildman–Crippen LogP) is 4.82. The minimum absolute atomic E-state index is 0.0665. The van der Waals surface area contributed by atoms with Gasteiger partial charge < -0.3 is 4.74 Å². The van der Waals surface area contributed by atoms with Gasteiger partial charge in [0.15, 0.2) is 12.4 Å². The van der Waals surface area contributed by atoms with Gasteiger partial charge in [0, 0.05) is 11.8 Å². The first-order chi connectivity index (χ1) is 12.1. The predicted molar refractivity (Wildman–Crippen MR) is 96.1 cm³/mol. The summed E-state index contributed by atoms with van der Waals surface area (Å²) >= 11 is 5.85. The first-order valence-corrected chi connectivity index (χ1v) is 8.94. The quantitative estimate of drug-likeness (QED) is 0.437. The molecule has 1 aliphatic rings. The Morgan fingerprint density at radius 1 is 1.08 bits per heavy atom. The number of carbonyl (C=O) groups is 2. The van der Waals surface area contributed by atoms with Crippen LogP contribution in [0.1, 0.15) is 64.3 Å². The van der Waals surface area contributed by atoms with Crippen LogP contribution < -0.4 is 0 Å². The lowest BCUT2D eigenvalue weighted by atomic mass is 9.84. The highest BCUT2D eigenvalue weighted by molar-refractivity contribution is 6.32. The molecule has 0 amide bonds. The summed E-state index contributed by atoms with van der Waals surface area (Å²) in [6.45, 7) is -0.313. The van der Waals surface area contributed by atoms with E-state index in [-0.39, 0.29) is 23.1 Å². The Kier molecular flexibility index (Phi) is 5.82. The number of ether oxygens (including phenoxy) is 1. The number of esters is 1. The fourth-order valence-electron chi connectivity index (χ4n) is 3.21. The van der Waals surface area contributed by atoms with Gasteiger partial charge in [0.25, 0.3) is 0 Å². The zero-order valence-electron chi connectivity index (χ0n) is 13.9. The molecule has 0 bridgehead atoms. The van der Waals surface area contributed by atoms with Gasteiger partial charge in [0.05, 0.1) is 5.56 Å². The fraction of sp³-hybridized carbons (Fsp3) is 0.350. The van der Waals surface area contributed by atoms with Crippen LogP contribution in [0.15, 0.2) is 42.6 Å². The number of rotatable bonds is 5. The summed E-state index contributed by atoms with van der Waals surface area (Å²) in [6.07, 6.45) is 7.79. The van der Waals surface area contributed by atoms with E-state index in [0.717, 1.165) is 0 Å². The lowest BCUT2D eigenvalue weighted by Gasteiger charge is -2.22. The number of hydrogen-bond donors (Lipinski definition) is 0. The summed E-state index contributed by atoms with van der Waals surface area (Å²) in [7, 11) is 0. The molecular formula is C20H20ClNO3. The molecule has 1 fully saturated rings. The zero-order valence-corrected chi connectivity index (χ0v) is 14.7. The molecule has 0 unspecified atom stereocenters. The molecule has 0 saturated heterocycles. The number of hydrogen-bond acceptors (Lipinski definition) is 4. The molecule has 3 rings (SSSR count). The average Bonchev–Trinajstić information content (AvgIpc) is 2.67. The average molecular weight is 358 g/mol. The van der Waals surface area contributed by atoms with Crippen LogP contribution in [0.4, 0.5) is 0 Å². The molecule has 1 heterocycles. The highest BCUT2D eigenvalue weighted by atomic mass is 35.5. The minimum atomic E-state index is -0.648. The van der Waals surface area contributed by atoms with Crippen LogP contribution in [0.25, 0.3) is 0 Å². The van der Waals surface area contributed by atoms with Gasteiger partial charge in [-0.25, -0.2) is 9.78 Å². The van der Waals surface area contributed by atoms with Crippen molar-refractivity contribution in [3.8, 4) is 0 Å². The largest absolute Gasteiger partial charge is 0.454 e. The molecule has 0 radical (unpaired) electrons. The molecule has 0 aliphatic heterocycles. The maximum atomic E-state index is 12.2. The summed E-state index contributed by atoms with van der Waals surface area (Å²) < 4.78 is 5.06. The van der Waals surface area contributed by atoms with Crippen molar-refractivity contribution in [2.75, 3.05) is 6.61 Å². The van der Waals surface area contributed by atoms with Crippen molar-refractivity contribution < 1.29 is 14.3 Å². The molecule has 5 heteroatoms. The summed E-state index contributed by atoms with van der Waals surface area (Å²) in [5, 5.41) is 0.0665. The van der Waals surface area contributed by atoms with Crippen LogP contribution in [0.5, 0.6) is 0 Å². The Balaban J connectivity index is 1.58. The third-order valence-corrected chi connectivity index (χ3v) is 4.92. The lowest BCUT2D eigenvalue weighted by molar-refractivity contribution is 0.0474. The fourth-order valence-corrected chi connectivity index (χ4v) is 3.40. The van der Waals surface area contributed by atoms with E-state index in [1.807, 2.05) is 24.3 Å². The second kappa shape index (κ2) is 8.26. The van der Waals surface area contributed by atoms with Crippen molar-refractivity contribution in [3.05, 3.63) is 64.4 Å². The highest BCUT2D eigenvalue weighted by Gasteiger charge is 2.17. The Morgan fingerprint density at radius 3 is 2.48 bits per heavy atom. The minimum Gasteiger partial charge on any atom is -0.454 e. The molecule has 130 valence electrons. The van der Waals surface area contributed by atoms with Crippen molar-refractivity contribution in [2.24, 2.45) is 0 Å². The van der Waals surface area contributed by atoms with E-state index in [1.54, 1.807) is 6.07 Å². The third kappa shape index (κ3) is 4.45. The Bertz CT molecular complexity index is 752. The zero-order chi connectivity index (χ0) is 17.6. The number of benzene rings is 1. The van der Waals surface area contributed by atoms with E-state index < -0.39 is 5.97 Å². The smallest absolute Gasteiger partial charge is 0.341 e. The summed E-state index contributed by atoms with van der Waals surface area (Å²) in [6, 6.07) is 10.8. The number of halogens is 1. The van der Waals surface area contributed by atoms with Gasteiger partial charge in [-0.3, -0.25) is 4.79 Å². The van der Waals surface area contributed by atoms with E-state index >= 15 is 0 Å². The Labute approximate surface area is 152 Å². The molecular weight excluding hydrogens is 338 g/mol. The van der Waals surface area contributed by atoms with Crippen molar-refractivity contribution in [3.63, 3.8) is 0 Å². The van der Waals surface area contributed by atoms with Crippen LogP contribution >= 0.6 is 11.6 Å². The number of nitrogens with zero attached hydrogens (tertiary/aromatic N) is 1. The summed E-state index contributed by atoms with van der Waals surface area (Å²) in [4.78, 5) is 28.0. The van der Waals surface area contributed by atoms with Gasteiger partial charge >= 0.3 is 5.97 Å². The van der Waals surface area contributed by atoms with Crippen molar-refractivity contribution in [1.82, 2.24) is 4.98 Å². The second-order valence-corrected chi connectivity index (χ2v) is 6.66. The first-order valence-electron chi connectivity index (χ1n) is 8.56. The molecule has 25 heavy (non-hydrogen) atoms. The van der Waals surface area contributed by atoms with Crippen molar-refractivity contribution >= 4 is 23.4 Å². The Morgan fingerprint density at radius 2 is 1.80 bits per heavy atom. The topological polar surface area (TPSA) is 56.3 Å². The van der Waals surface area contributed by atoms with Crippen LogP contribution in [-0.4, -0.2) is 23.3 Å². The molecule has 0 spiro atoms. The maximum absolute atomic E-state index is 12.2. The van der Waals surface area contributed by atoms with Crippen molar-refractivity contribution in [2.45, 2.75) is 38.0 Å². The molecule has 4 nitrogen and oxygen atoms in total. The van der Waals surface area contributed by atoms with Crippen LogP contribution in [-0.2, 0) is 4.74 Å². The van der Waals surface area contributed by atoms with Crippen LogP contribution in [0.3, 0.4) is 0 Å². The molecule has 0 atom stereocenters. The van der Waals surface area contributed by atoms with Crippen molar-refractivity contribution in [1.29, 1.82) is 0 Å². The van der Waals surface area contributed by atoms with Gasteiger partial charge in [-0.1, -0.05) is 55.1 Å². The Hall–Kier alpha value is -2.20. The van der Waals surface area contributed by atoms with Crippen LogP contribution in [0.2, 0.25) is 5.15 Å². The van der Waals surface area contributed by atoms with Gasteiger partial charge in [-0.15, -0.1) is 0 Å². The van der Waals surface area contributed by atoms with E-state index in [1.165, 1.54) is 49.9 Å². The normalized spacial score (nSPS) is 14.9. The number of pyridine rings is 1. The number of aromatic nitrogens is 1. The standard InChI is InChI=1S/C20H20ClNO3/c21-19-17(7-4-12-22-19)20(24)25-13-18(23)16-10-8-15(9-11-16)14-5-2-1-3-6-14/h4,7-12,14H,1-3,5-6,13H2. The molecule has 1 saturated carbocycles. The highest BCUT2D eigenvalue weighted by Crippen LogP contribution is 2.32. The van der Waals surface area contributed by atoms with Gasteiger partial charge in [0.1, 0.15) is 5.15 Å². The van der Waals surface area contributed by atoms with Gasteiger partial charge in [0.2, 0.25) is 0 Å². The third-order valence-electron chi connectivity index (χ3n) is 4.62. The molecule has 2 aromatic rings. The van der Waals surface area contributed by atoms with E-state index in [9.17, 15) is 9.59 Å². The lowest BCUT2D eigenvalue weighted by Crippen LogP contribution is -2.15. The maximum Gasteiger partial charge on any atom is 0.341 e. The van der Waals surface area contributed by atoms with E-state index in [0.29, 0.717) is 11.5 Å². The van der Waals surface area contributed by atoms with E-state index in [4.69, 9.17) is 16.3 Å². The molecule has 0 N–H and O–H groups in total. The molecule has 1 aromatic heterocycles. The number of carbonyl (C=O) groups excluding carboxylic acids is 2. The van der Waals surface area contributed by atoms with E-state index in [2.05, 4.69) is 4.98 Å². The number of ketones is 1. The number of Topliss-reactive ketones (excluding diaryl/α,β-unsaturated/α-hetero) is 1. The van der Waals surface area contributed by atoms with Gasteiger partial charge in [-0.05, 0) is 36.5 Å². The van der Waals surface area contributed by atoms with Crippen LogP contribution in [0, 0.1) is 0 Å². The molecule has 1 aliphatic carbocycles. The second-order valence-electron chi connectivity index (χ2n) is 6.30. The monoisotopic (exact) mass is 357 g/mol. The summed E-state index contributed by atoms with van der Waals surface area (Å²) in [5.41, 5.74) is 1.99. The first kappa shape index (κ1) is 17.6. The molecule has 1 aromatic carbocycles.